The van der Waals surface area contributed by atoms with Crippen LogP contribution in [0.2, 0.25) is 0 Å². The summed E-state index contributed by atoms with van der Waals surface area (Å²) in [6.07, 6.45) is 3.29. The van der Waals surface area contributed by atoms with E-state index in [9.17, 15) is 4.79 Å². The Hall–Kier alpha value is -3.39. The van der Waals surface area contributed by atoms with Crippen molar-refractivity contribution in [3.05, 3.63) is 71.1 Å². The van der Waals surface area contributed by atoms with E-state index in [0.717, 1.165) is 22.0 Å². The third-order valence-corrected chi connectivity index (χ3v) is 5.48. The lowest BCUT2D eigenvalue weighted by molar-refractivity contribution is 0.102. The fourth-order valence-corrected chi connectivity index (χ4v) is 3.63. The SMILES string of the molecule is Cc1csc(-c2ccc(C(=O)Nc3cc(C(C)(C)C)nn3-c3ncccn3)cc2)n1. The highest BCUT2D eigenvalue weighted by atomic mass is 32.1. The van der Waals surface area contributed by atoms with Crippen LogP contribution in [-0.2, 0) is 5.41 Å². The van der Waals surface area contributed by atoms with Gasteiger partial charge in [-0.25, -0.2) is 15.0 Å². The molecule has 0 saturated carbocycles. The number of hydrogen-bond acceptors (Lipinski definition) is 6. The van der Waals surface area contributed by atoms with Crippen LogP contribution in [0.15, 0.2) is 54.2 Å². The Bertz CT molecular complexity index is 1170. The van der Waals surface area contributed by atoms with E-state index in [1.165, 1.54) is 0 Å². The molecule has 0 aliphatic carbocycles. The molecule has 152 valence electrons. The van der Waals surface area contributed by atoms with Crippen LogP contribution in [0.1, 0.15) is 42.5 Å². The van der Waals surface area contributed by atoms with Crippen LogP contribution in [-0.4, -0.2) is 30.6 Å². The summed E-state index contributed by atoms with van der Waals surface area (Å²) in [5.41, 5.74) is 3.17. The van der Waals surface area contributed by atoms with Gasteiger partial charge in [0.2, 0.25) is 0 Å². The first-order valence-corrected chi connectivity index (χ1v) is 10.4. The van der Waals surface area contributed by atoms with Crippen molar-refractivity contribution in [3.63, 3.8) is 0 Å². The van der Waals surface area contributed by atoms with Gasteiger partial charge in [-0.15, -0.1) is 11.3 Å². The summed E-state index contributed by atoms with van der Waals surface area (Å²) >= 11 is 1.59. The second-order valence-corrected chi connectivity index (χ2v) is 8.81. The Kier molecular flexibility index (Phi) is 5.17. The molecule has 1 amide bonds. The van der Waals surface area contributed by atoms with Crippen molar-refractivity contribution in [2.75, 3.05) is 5.32 Å². The number of hydrogen-bond donors (Lipinski definition) is 1. The van der Waals surface area contributed by atoms with E-state index in [0.29, 0.717) is 17.3 Å². The highest BCUT2D eigenvalue weighted by molar-refractivity contribution is 7.13. The molecule has 0 radical (unpaired) electrons. The minimum Gasteiger partial charge on any atom is -0.306 e. The maximum absolute atomic E-state index is 12.9. The van der Waals surface area contributed by atoms with Crippen LogP contribution in [0.4, 0.5) is 5.82 Å². The van der Waals surface area contributed by atoms with E-state index < -0.39 is 0 Å². The smallest absolute Gasteiger partial charge is 0.256 e. The molecular formula is C22H22N6OS. The lowest BCUT2D eigenvalue weighted by Gasteiger charge is -2.13. The van der Waals surface area contributed by atoms with Gasteiger partial charge in [-0.3, -0.25) is 4.79 Å². The summed E-state index contributed by atoms with van der Waals surface area (Å²) in [4.78, 5) is 25.9. The number of aryl methyl sites for hydroxylation is 1. The van der Waals surface area contributed by atoms with Gasteiger partial charge in [-0.05, 0) is 25.1 Å². The van der Waals surface area contributed by atoms with E-state index in [1.807, 2.05) is 30.5 Å². The van der Waals surface area contributed by atoms with Gasteiger partial charge in [0.1, 0.15) is 10.8 Å². The van der Waals surface area contributed by atoms with Gasteiger partial charge >= 0.3 is 0 Å². The molecule has 1 N–H and O–H groups in total. The second-order valence-electron chi connectivity index (χ2n) is 7.95. The van der Waals surface area contributed by atoms with Crippen LogP contribution in [0.3, 0.4) is 0 Å². The molecule has 0 fully saturated rings. The molecule has 0 saturated heterocycles. The maximum atomic E-state index is 12.9. The van der Waals surface area contributed by atoms with Crippen LogP contribution in [0.5, 0.6) is 0 Å². The molecule has 0 bridgehead atoms. The lowest BCUT2D eigenvalue weighted by atomic mass is 9.92. The topological polar surface area (TPSA) is 85.6 Å². The number of aromatic nitrogens is 5. The number of rotatable bonds is 4. The average Bonchev–Trinajstić information content (AvgIpc) is 3.35. The van der Waals surface area contributed by atoms with Crippen molar-refractivity contribution in [2.24, 2.45) is 0 Å². The van der Waals surface area contributed by atoms with E-state index in [2.05, 4.69) is 46.1 Å². The van der Waals surface area contributed by atoms with E-state index in [-0.39, 0.29) is 11.3 Å². The molecule has 8 heteroatoms. The van der Waals surface area contributed by atoms with Crippen LogP contribution in [0.25, 0.3) is 16.5 Å². The van der Waals surface area contributed by atoms with Crippen molar-refractivity contribution in [1.82, 2.24) is 24.7 Å². The molecule has 3 aromatic heterocycles. The molecule has 1 aromatic carbocycles. The Labute approximate surface area is 178 Å². The predicted octanol–water partition coefficient (Wildman–Crippen LogP) is 4.64. The minimum absolute atomic E-state index is 0.188. The quantitative estimate of drug-likeness (QED) is 0.522. The maximum Gasteiger partial charge on any atom is 0.256 e. The Morgan fingerprint density at radius 3 is 2.40 bits per heavy atom. The third kappa shape index (κ3) is 4.13. The average molecular weight is 419 g/mol. The van der Waals surface area contributed by atoms with E-state index in [4.69, 9.17) is 0 Å². The first-order chi connectivity index (χ1) is 14.3. The summed E-state index contributed by atoms with van der Waals surface area (Å²) in [6.45, 7) is 8.16. The summed E-state index contributed by atoms with van der Waals surface area (Å²) in [5.74, 6) is 0.697. The number of nitrogens with zero attached hydrogens (tertiary/aromatic N) is 5. The molecule has 4 rings (SSSR count). The van der Waals surface area contributed by atoms with Gasteiger partial charge in [0.15, 0.2) is 0 Å². The van der Waals surface area contributed by atoms with Gasteiger partial charge in [0, 0.05) is 46.1 Å². The van der Waals surface area contributed by atoms with Crippen LogP contribution < -0.4 is 5.32 Å². The van der Waals surface area contributed by atoms with Crippen molar-refractivity contribution in [2.45, 2.75) is 33.1 Å². The molecule has 0 unspecified atom stereocenters. The molecule has 4 aromatic rings. The fraction of sp³-hybridized carbons (Fsp3) is 0.227. The molecular weight excluding hydrogens is 396 g/mol. The largest absolute Gasteiger partial charge is 0.306 e. The number of amides is 1. The van der Waals surface area contributed by atoms with E-state index >= 15 is 0 Å². The van der Waals surface area contributed by atoms with Gasteiger partial charge < -0.3 is 5.32 Å². The number of benzene rings is 1. The summed E-state index contributed by atoms with van der Waals surface area (Å²) in [6, 6.07) is 11.0. The van der Waals surface area contributed by atoms with E-state index in [1.54, 1.807) is 46.6 Å². The zero-order valence-electron chi connectivity index (χ0n) is 17.2. The van der Waals surface area contributed by atoms with Crippen molar-refractivity contribution >= 4 is 23.1 Å². The lowest BCUT2D eigenvalue weighted by Crippen LogP contribution is -2.16. The molecule has 0 aliphatic rings. The number of carbonyl (C=O) groups excluding carboxylic acids is 1. The number of carbonyl (C=O) groups is 1. The van der Waals surface area contributed by atoms with Crippen LogP contribution in [0, 0.1) is 6.92 Å². The Morgan fingerprint density at radius 2 is 1.80 bits per heavy atom. The second kappa shape index (κ2) is 7.79. The Balaban J connectivity index is 1.62. The molecule has 3 heterocycles. The molecule has 0 aliphatic heterocycles. The zero-order valence-corrected chi connectivity index (χ0v) is 18.1. The highest BCUT2D eigenvalue weighted by Crippen LogP contribution is 2.26. The van der Waals surface area contributed by atoms with Crippen molar-refractivity contribution in [3.8, 4) is 16.5 Å². The Morgan fingerprint density at radius 1 is 1.10 bits per heavy atom. The first-order valence-electron chi connectivity index (χ1n) is 9.53. The minimum atomic E-state index is -0.227. The van der Waals surface area contributed by atoms with Crippen molar-refractivity contribution < 1.29 is 4.79 Å². The summed E-state index contributed by atoms with van der Waals surface area (Å²) in [7, 11) is 0. The van der Waals surface area contributed by atoms with Gasteiger partial charge in [-0.2, -0.15) is 9.78 Å². The first kappa shape index (κ1) is 19.9. The highest BCUT2D eigenvalue weighted by Gasteiger charge is 2.22. The fourth-order valence-electron chi connectivity index (χ4n) is 2.83. The molecule has 7 nitrogen and oxygen atoms in total. The summed E-state index contributed by atoms with van der Waals surface area (Å²) in [5, 5.41) is 10.5. The molecule has 0 spiro atoms. The van der Waals surface area contributed by atoms with Gasteiger partial charge in [0.05, 0.1) is 5.69 Å². The number of anilines is 1. The normalized spacial score (nSPS) is 11.5. The standard InChI is InChI=1S/C22H22N6OS/c1-14-13-30-20(25-14)16-8-6-15(7-9-16)19(29)26-18-12-17(22(2,3)4)27-28(18)21-23-10-5-11-24-21/h5-13H,1-4H3,(H,26,29). The van der Waals surface area contributed by atoms with Gasteiger partial charge in [-0.1, -0.05) is 32.9 Å². The predicted molar refractivity (Wildman–Crippen MR) is 118 cm³/mol. The monoisotopic (exact) mass is 418 g/mol. The molecule has 30 heavy (non-hydrogen) atoms. The number of nitrogens with one attached hydrogen (secondary N) is 1. The molecule has 0 atom stereocenters. The van der Waals surface area contributed by atoms with Gasteiger partial charge in [0.25, 0.3) is 11.9 Å². The van der Waals surface area contributed by atoms with Crippen molar-refractivity contribution in [1.29, 1.82) is 0 Å². The van der Waals surface area contributed by atoms with Crippen LogP contribution >= 0.6 is 11.3 Å². The number of thiazole rings is 1. The third-order valence-electron chi connectivity index (χ3n) is 4.47. The zero-order chi connectivity index (χ0) is 21.3. The summed E-state index contributed by atoms with van der Waals surface area (Å²) < 4.78 is 1.56.